The lowest BCUT2D eigenvalue weighted by atomic mass is 9.89. The lowest BCUT2D eigenvalue weighted by Gasteiger charge is -2.34. The van der Waals surface area contributed by atoms with Crippen molar-refractivity contribution in [2.75, 3.05) is 26.2 Å². The second kappa shape index (κ2) is 8.43. The first-order chi connectivity index (χ1) is 11.6. The summed E-state index contributed by atoms with van der Waals surface area (Å²) in [5.74, 6) is 0.411. The summed E-state index contributed by atoms with van der Waals surface area (Å²) in [5, 5.41) is 20.0. The molecule has 1 aromatic carbocycles. The largest absolute Gasteiger partial charge is 0.393 e. The number of piperidine rings is 1. The first-order valence-corrected chi connectivity index (χ1v) is 9.41. The number of nitrogens with zero attached hydrogens (tertiary/aromatic N) is 1. The van der Waals surface area contributed by atoms with E-state index in [1.807, 2.05) is 6.92 Å². The van der Waals surface area contributed by atoms with Gasteiger partial charge in [0, 0.05) is 6.54 Å². The van der Waals surface area contributed by atoms with Crippen LogP contribution < -0.4 is 0 Å². The Morgan fingerprint density at radius 1 is 1.17 bits per heavy atom. The molecule has 2 aliphatic rings. The monoisotopic (exact) mass is 333 g/mol. The number of likely N-dealkylation sites (tertiary alicyclic amines) is 1. The van der Waals surface area contributed by atoms with Gasteiger partial charge in [-0.1, -0.05) is 24.3 Å². The van der Waals surface area contributed by atoms with Crippen LogP contribution in [-0.2, 0) is 11.2 Å². The molecule has 0 spiro atoms. The van der Waals surface area contributed by atoms with Crippen LogP contribution in [0.15, 0.2) is 24.3 Å². The van der Waals surface area contributed by atoms with E-state index in [1.165, 1.54) is 11.1 Å². The first-order valence-electron chi connectivity index (χ1n) is 9.41. The Bertz CT molecular complexity index is 511. The highest BCUT2D eigenvalue weighted by Crippen LogP contribution is 2.32. The molecule has 0 saturated carbocycles. The summed E-state index contributed by atoms with van der Waals surface area (Å²) in [6.45, 7) is 4.86. The molecule has 24 heavy (non-hydrogen) atoms. The molecule has 2 N–H and O–H groups in total. The van der Waals surface area contributed by atoms with Gasteiger partial charge < -0.3 is 19.8 Å². The topological polar surface area (TPSA) is 52.9 Å². The van der Waals surface area contributed by atoms with Crippen molar-refractivity contribution in [1.82, 2.24) is 4.90 Å². The van der Waals surface area contributed by atoms with E-state index in [0.717, 1.165) is 45.2 Å². The Morgan fingerprint density at radius 2 is 1.92 bits per heavy atom. The van der Waals surface area contributed by atoms with Crippen LogP contribution in [0.3, 0.4) is 0 Å². The van der Waals surface area contributed by atoms with E-state index in [9.17, 15) is 10.2 Å². The van der Waals surface area contributed by atoms with Crippen LogP contribution in [0.4, 0.5) is 0 Å². The Labute approximate surface area is 145 Å². The van der Waals surface area contributed by atoms with Gasteiger partial charge in [0.25, 0.3) is 0 Å². The van der Waals surface area contributed by atoms with Gasteiger partial charge in [-0.25, -0.2) is 0 Å². The molecule has 1 aliphatic heterocycles. The van der Waals surface area contributed by atoms with E-state index in [4.69, 9.17) is 4.74 Å². The summed E-state index contributed by atoms with van der Waals surface area (Å²) in [7, 11) is 0. The van der Waals surface area contributed by atoms with Crippen molar-refractivity contribution in [3.8, 4) is 0 Å². The van der Waals surface area contributed by atoms with Gasteiger partial charge in [-0.2, -0.15) is 0 Å². The first kappa shape index (κ1) is 17.9. The normalized spacial score (nSPS) is 25.2. The lowest BCUT2D eigenvalue weighted by Crippen LogP contribution is -2.42. The van der Waals surface area contributed by atoms with Crippen molar-refractivity contribution in [2.45, 2.75) is 57.3 Å². The Hall–Kier alpha value is -0.940. The van der Waals surface area contributed by atoms with Crippen LogP contribution in [0, 0.1) is 5.92 Å². The van der Waals surface area contributed by atoms with Crippen LogP contribution >= 0.6 is 0 Å². The molecule has 134 valence electrons. The maximum atomic E-state index is 10.3. The third kappa shape index (κ3) is 4.57. The van der Waals surface area contributed by atoms with Gasteiger partial charge in [0.15, 0.2) is 0 Å². The van der Waals surface area contributed by atoms with E-state index < -0.39 is 6.10 Å². The number of rotatable bonds is 6. The average Bonchev–Trinajstić information content (AvgIpc) is 2.60. The predicted molar refractivity (Wildman–Crippen MR) is 94.9 cm³/mol. The van der Waals surface area contributed by atoms with Crippen LogP contribution in [0.5, 0.6) is 0 Å². The van der Waals surface area contributed by atoms with Gasteiger partial charge in [0.2, 0.25) is 0 Å². The number of aryl methyl sites for hydroxylation is 1. The van der Waals surface area contributed by atoms with Crippen molar-refractivity contribution in [2.24, 2.45) is 5.92 Å². The minimum atomic E-state index is -0.442. The highest BCUT2D eigenvalue weighted by molar-refractivity contribution is 5.31. The van der Waals surface area contributed by atoms with Crippen LogP contribution in [-0.4, -0.2) is 53.6 Å². The van der Waals surface area contributed by atoms with Crippen molar-refractivity contribution in [3.05, 3.63) is 35.4 Å². The number of hydrogen-bond acceptors (Lipinski definition) is 4. The summed E-state index contributed by atoms with van der Waals surface area (Å²) in [6.07, 6.45) is 4.84. The zero-order valence-corrected chi connectivity index (χ0v) is 14.7. The minimum absolute atomic E-state index is 0.130. The smallest absolute Gasteiger partial charge is 0.0900 e. The fourth-order valence-electron chi connectivity index (χ4n) is 4.08. The van der Waals surface area contributed by atoms with E-state index in [2.05, 4.69) is 29.2 Å². The number of fused-ring (bicyclic) bond motifs is 1. The predicted octanol–water partition coefficient (Wildman–Crippen LogP) is 2.53. The SMILES string of the molecule is CC(O)C1CCN(CC(O)COC2CCCc3ccccc32)CC1. The lowest BCUT2D eigenvalue weighted by molar-refractivity contribution is -0.0332. The van der Waals surface area contributed by atoms with E-state index >= 15 is 0 Å². The van der Waals surface area contributed by atoms with Gasteiger partial charge in [0.1, 0.15) is 0 Å². The summed E-state index contributed by atoms with van der Waals surface area (Å²) in [5.41, 5.74) is 2.69. The molecule has 3 atom stereocenters. The molecule has 3 unspecified atom stereocenters. The van der Waals surface area contributed by atoms with Crippen molar-refractivity contribution < 1.29 is 14.9 Å². The van der Waals surface area contributed by atoms with Crippen LogP contribution in [0.2, 0.25) is 0 Å². The van der Waals surface area contributed by atoms with Gasteiger partial charge >= 0.3 is 0 Å². The molecule has 0 amide bonds. The second-order valence-corrected chi connectivity index (χ2v) is 7.45. The molecule has 1 aliphatic carbocycles. The maximum Gasteiger partial charge on any atom is 0.0900 e. The highest BCUT2D eigenvalue weighted by atomic mass is 16.5. The molecule has 1 saturated heterocycles. The zero-order chi connectivity index (χ0) is 16.9. The molecule has 4 nitrogen and oxygen atoms in total. The maximum absolute atomic E-state index is 10.3. The van der Waals surface area contributed by atoms with Crippen molar-refractivity contribution in [1.29, 1.82) is 0 Å². The molecule has 0 aromatic heterocycles. The number of aliphatic hydroxyl groups excluding tert-OH is 2. The Balaban J connectivity index is 1.43. The van der Waals surface area contributed by atoms with Crippen LogP contribution in [0.1, 0.15) is 49.8 Å². The summed E-state index contributed by atoms with van der Waals surface area (Å²) in [4.78, 5) is 2.29. The minimum Gasteiger partial charge on any atom is -0.393 e. The molecule has 1 fully saturated rings. The van der Waals surface area contributed by atoms with Crippen molar-refractivity contribution >= 4 is 0 Å². The molecule has 3 rings (SSSR count). The molecule has 1 heterocycles. The standard InChI is InChI=1S/C20H31NO3/c1-15(22)16-9-11-21(12-10-16)13-18(23)14-24-20-8-4-6-17-5-2-3-7-19(17)20/h2-3,5,7,15-16,18,20,22-23H,4,6,8-14H2,1H3. The molecular formula is C20H31NO3. The van der Waals surface area contributed by atoms with Gasteiger partial charge in [-0.05, 0) is 69.2 Å². The van der Waals surface area contributed by atoms with Crippen LogP contribution in [0.25, 0.3) is 0 Å². The number of aliphatic hydroxyl groups is 2. The third-order valence-corrected chi connectivity index (χ3v) is 5.59. The number of β-amino-alcohol motifs (C(OH)–C–C–N with tert-alkyl or cyclic N) is 1. The van der Waals surface area contributed by atoms with Gasteiger partial charge in [0.05, 0.1) is 24.9 Å². The third-order valence-electron chi connectivity index (χ3n) is 5.59. The quantitative estimate of drug-likeness (QED) is 0.840. The Kier molecular flexibility index (Phi) is 6.28. The number of hydrogen-bond donors (Lipinski definition) is 2. The second-order valence-electron chi connectivity index (χ2n) is 7.45. The molecule has 0 radical (unpaired) electrons. The van der Waals surface area contributed by atoms with E-state index in [0.29, 0.717) is 19.1 Å². The highest BCUT2D eigenvalue weighted by Gasteiger charge is 2.25. The number of benzene rings is 1. The van der Waals surface area contributed by atoms with Gasteiger partial charge in [-0.3, -0.25) is 0 Å². The van der Waals surface area contributed by atoms with Crippen molar-refractivity contribution in [3.63, 3.8) is 0 Å². The fraction of sp³-hybridized carbons (Fsp3) is 0.700. The fourth-order valence-corrected chi connectivity index (χ4v) is 4.08. The molecule has 1 aromatic rings. The number of ether oxygens (including phenoxy) is 1. The van der Waals surface area contributed by atoms with E-state index in [1.54, 1.807) is 0 Å². The summed E-state index contributed by atoms with van der Waals surface area (Å²) >= 11 is 0. The molecular weight excluding hydrogens is 302 g/mol. The summed E-state index contributed by atoms with van der Waals surface area (Å²) < 4.78 is 6.06. The molecule has 4 heteroatoms. The molecule has 0 bridgehead atoms. The van der Waals surface area contributed by atoms with Gasteiger partial charge in [-0.15, -0.1) is 0 Å². The average molecular weight is 333 g/mol. The Morgan fingerprint density at radius 3 is 2.67 bits per heavy atom. The summed E-state index contributed by atoms with van der Waals surface area (Å²) in [6, 6.07) is 8.51. The van der Waals surface area contributed by atoms with E-state index in [-0.39, 0.29) is 12.2 Å². The zero-order valence-electron chi connectivity index (χ0n) is 14.7.